The minimum absolute atomic E-state index is 0.0386. The zero-order valence-corrected chi connectivity index (χ0v) is 17.5. The lowest BCUT2D eigenvalue weighted by Crippen LogP contribution is -2.23. The summed E-state index contributed by atoms with van der Waals surface area (Å²) in [4.78, 5) is 36.9. The molecule has 6 nitrogen and oxygen atoms in total. The van der Waals surface area contributed by atoms with E-state index in [1.807, 2.05) is 0 Å². The largest absolute Gasteiger partial charge is 0.452 e. The van der Waals surface area contributed by atoms with Crippen LogP contribution < -0.4 is 10.6 Å². The Balaban J connectivity index is 1.65. The second kappa shape index (κ2) is 10.2. The fourth-order valence-electron chi connectivity index (χ4n) is 2.80. The number of nitrogens with one attached hydrogen (secondary N) is 2. The average molecular weight is 477 g/mol. The Hall–Kier alpha value is -3.85. The van der Waals surface area contributed by atoms with Crippen molar-refractivity contribution in [2.45, 2.75) is 6.18 Å². The Morgan fingerprint density at radius 1 is 0.818 bits per heavy atom. The smallest absolute Gasteiger partial charge is 0.418 e. The van der Waals surface area contributed by atoms with Gasteiger partial charge in [0.1, 0.15) is 0 Å². The molecule has 3 aromatic carbocycles. The second-order valence-corrected chi connectivity index (χ2v) is 7.11. The number of hydrogen-bond acceptors (Lipinski definition) is 4. The van der Waals surface area contributed by atoms with Gasteiger partial charge in [-0.2, -0.15) is 13.2 Å². The number of hydrogen-bond donors (Lipinski definition) is 2. The highest BCUT2D eigenvalue weighted by molar-refractivity contribution is 6.30. The number of rotatable bonds is 6. The van der Waals surface area contributed by atoms with Crippen molar-refractivity contribution in [2.75, 3.05) is 17.2 Å². The van der Waals surface area contributed by atoms with Gasteiger partial charge in [-0.3, -0.25) is 9.59 Å². The van der Waals surface area contributed by atoms with Crippen molar-refractivity contribution in [1.82, 2.24) is 0 Å². The van der Waals surface area contributed by atoms with E-state index < -0.39 is 41.8 Å². The molecule has 0 aliphatic rings. The molecule has 3 aromatic rings. The molecule has 0 atom stereocenters. The van der Waals surface area contributed by atoms with Crippen LogP contribution in [0, 0.1) is 0 Å². The van der Waals surface area contributed by atoms with Crippen LogP contribution in [0.1, 0.15) is 26.3 Å². The van der Waals surface area contributed by atoms with Crippen molar-refractivity contribution in [2.24, 2.45) is 0 Å². The summed E-state index contributed by atoms with van der Waals surface area (Å²) in [5.74, 6) is -2.41. The van der Waals surface area contributed by atoms with Gasteiger partial charge < -0.3 is 15.4 Å². The van der Waals surface area contributed by atoms with Crippen LogP contribution in [0.3, 0.4) is 0 Å². The Morgan fingerprint density at radius 3 is 2.09 bits per heavy atom. The zero-order valence-electron chi connectivity index (χ0n) is 16.8. The number of para-hydroxylation sites is 2. The third kappa shape index (κ3) is 6.33. The Bertz CT molecular complexity index is 1180. The van der Waals surface area contributed by atoms with Crippen molar-refractivity contribution in [3.05, 3.63) is 94.5 Å². The van der Waals surface area contributed by atoms with Crippen LogP contribution in [0.25, 0.3) is 0 Å². The van der Waals surface area contributed by atoms with Gasteiger partial charge in [0.15, 0.2) is 6.61 Å². The molecule has 0 saturated heterocycles. The van der Waals surface area contributed by atoms with E-state index in [4.69, 9.17) is 16.3 Å². The lowest BCUT2D eigenvalue weighted by Gasteiger charge is -2.14. The molecule has 170 valence electrons. The molecule has 0 radical (unpaired) electrons. The fourth-order valence-corrected chi connectivity index (χ4v) is 2.93. The fraction of sp³-hybridized carbons (Fsp3) is 0.0870. The summed E-state index contributed by atoms with van der Waals surface area (Å²) in [7, 11) is 0. The Kier molecular flexibility index (Phi) is 7.34. The molecule has 10 heteroatoms. The molecule has 0 saturated carbocycles. The van der Waals surface area contributed by atoms with E-state index in [1.54, 1.807) is 6.07 Å². The number of benzene rings is 3. The van der Waals surface area contributed by atoms with E-state index in [-0.39, 0.29) is 11.3 Å². The monoisotopic (exact) mass is 476 g/mol. The minimum Gasteiger partial charge on any atom is -0.452 e. The molecule has 3 rings (SSSR count). The maximum Gasteiger partial charge on any atom is 0.418 e. The zero-order chi connectivity index (χ0) is 24.0. The van der Waals surface area contributed by atoms with Crippen LogP contribution in [0.4, 0.5) is 24.5 Å². The van der Waals surface area contributed by atoms with Gasteiger partial charge in [0.05, 0.1) is 22.5 Å². The van der Waals surface area contributed by atoms with Crippen LogP contribution in [-0.4, -0.2) is 24.4 Å². The molecule has 0 unspecified atom stereocenters. The summed E-state index contributed by atoms with van der Waals surface area (Å²) in [6.45, 7) is -0.829. The van der Waals surface area contributed by atoms with Crippen LogP contribution >= 0.6 is 11.6 Å². The van der Waals surface area contributed by atoms with E-state index >= 15 is 0 Å². The summed E-state index contributed by atoms with van der Waals surface area (Å²) >= 11 is 5.80. The maximum absolute atomic E-state index is 13.0. The summed E-state index contributed by atoms with van der Waals surface area (Å²) in [6, 6.07) is 16.4. The number of carbonyl (C=O) groups excluding carboxylic acids is 3. The molecule has 2 amide bonds. The van der Waals surface area contributed by atoms with E-state index in [2.05, 4.69) is 10.6 Å². The van der Waals surface area contributed by atoms with Crippen molar-refractivity contribution in [3.63, 3.8) is 0 Å². The summed E-state index contributed by atoms with van der Waals surface area (Å²) in [5.41, 5.74) is -1.10. The molecular formula is C23H16ClF3N2O4. The quantitative estimate of drug-likeness (QED) is 0.466. The van der Waals surface area contributed by atoms with E-state index in [1.165, 1.54) is 54.6 Å². The number of amides is 2. The number of anilines is 2. The molecular weight excluding hydrogens is 461 g/mol. The van der Waals surface area contributed by atoms with Gasteiger partial charge in [-0.05, 0) is 48.5 Å². The SMILES string of the molecule is O=C(COC(=O)c1ccccc1NC(=O)c1ccc(Cl)cc1)Nc1ccccc1C(F)(F)F. The third-order valence-electron chi connectivity index (χ3n) is 4.34. The molecule has 0 aliphatic heterocycles. The Morgan fingerprint density at radius 2 is 1.42 bits per heavy atom. The average Bonchev–Trinajstić information content (AvgIpc) is 2.78. The van der Waals surface area contributed by atoms with Gasteiger partial charge in [-0.25, -0.2) is 4.79 Å². The number of ether oxygens (including phenoxy) is 1. The van der Waals surface area contributed by atoms with Gasteiger partial charge in [0, 0.05) is 10.6 Å². The molecule has 0 fully saturated rings. The number of carbonyl (C=O) groups is 3. The van der Waals surface area contributed by atoms with Gasteiger partial charge in [0.2, 0.25) is 0 Å². The van der Waals surface area contributed by atoms with E-state index in [9.17, 15) is 27.6 Å². The number of alkyl halides is 3. The van der Waals surface area contributed by atoms with Gasteiger partial charge in [-0.15, -0.1) is 0 Å². The van der Waals surface area contributed by atoms with Gasteiger partial charge >= 0.3 is 12.1 Å². The first kappa shape index (κ1) is 23.8. The highest BCUT2D eigenvalue weighted by atomic mass is 35.5. The van der Waals surface area contributed by atoms with Gasteiger partial charge in [0.25, 0.3) is 11.8 Å². The summed E-state index contributed by atoms with van der Waals surface area (Å²) in [5, 5.41) is 5.10. The highest BCUT2D eigenvalue weighted by Gasteiger charge is 2.33. The first-order chi connectivity index (χ1) is 15.6. The van der Waals surface area contributed by atoms with Crippen LogP contribution in [0.2, 0.25) is 5.02 Å². The lowest BCUT2D eigenvalue weighted by atomic mass is 10.1. The maximum atomic E-state index is 13.0. The number of esters is 1. The van der Waals surface area contributed by atoms with Crippen molar-refractivity contribution in [1.29, 1.82) is 0 Å². The van der Waals surface area contributed by atoms with Crippen LogP contribution in [0.5, 0.6) is 0 Å². The summed E-state index contributed by atoms with van der Waals surface area (Å²) in [6.07, 6.45) is -4.66. The molecule has 2 N–H and O–H groups in total. The molecule has 0 bridgehead atoms. The molecule has 0 heterocycles. The second-order valence-electron chi connectivity index (χ2n) is 6.67. The first-order valence-electron chi connectivity index (χ1n) is 9.44. The molecule has 33 heavy (non-hydrogen) atoms. The van der Waals surface area contributed by atoms with Crippen molar-refractivity contribution in [3.8, 4) is 0 Å². The van der Waals surface area contributed by atoms with Gasteiger partial charge in [-0.1, -0.05) is 35.9 Å². The highest BCUT2D eigenvalue weighted by Crippen LogP contribution is 2.34. The lowest BCUT2D eigenvalue weighted by molar-refractivity contribution is -0.137. The van der Waals surface area contributed by atoms with Crippen molar-refractivity contribution >= 4 is 40.8 Å². The predicted molar refractivity (Wildman–Crippen MR) is 116 cm³/mol. The first-order valence-corrected chi connectivity index (χ1v) is 9.82. The number of halogens is 4. The third-order valence-corrected chi connectivity index (χ3v) is 4.59. The van der Waals surface area contributed by atoms with Crippen LogP contribution in [-0.2, 0) is 15.7 Å². The standard InChI is InChI=1S/C23H16ClF3N2O4/c24-15-11-9-14(10-12-15)21(31)29-18-7-3-1-5-16(18)22(32)33-13-20(30)28-19-8-4-2-6-17(19)23(25,26)27/h1-12H,13H2,(H,28,30)(H,29,31). The van der Waals surface area contributed by atoms with E-state index in [0.717, 1.165) is 12.1 Å². The van der Waals surface area contributed by atoms with Crippen molar-refractivity contribution < 1.29 is 32.3 Å². The minimum atomic E-state index is -4.66. The summed E-state index contributed by atoms with van der Waals surface area (Å²) < 4.78 is 44.1. The molecule has 0 spiro atoms. The normalized spacial score (nSPS) is 10.9. The van der Waals surface area contributed by atoms with Crippen LogP contribution in [0.15, 0.2) is 72.8 Å². The topological polar surface area (TPSA) is 84.5 Å². The molecule has 0 aliphatic carbocycles. The predicted octanol–water partition coefficient (Wildman–Crippen LogP) is 5.41. The van der Waals surface area contributed by atoms with E-state index in [0.29, 0.717) is 10.6 Å². The molecule has 0 aromatic heterocycles. The Labute approximate surface area is 191 Å².